The standard InChI is InChI=1S/C11H12N4O8S/c12-5-3-15(9(5)18)11(21)14-24(22,23)13-6-2-8(17)7(16)1-4(6)10(19)20/h1-2,5,13,16-17H,3,12H2,(H,14,21)(H,19,20)/t5-/m0/s1. The first-order chi connectivity index (χ1) is 11.0. The highest BCUT2D eigenvalue weighted by Crippen LogP contribution is 2.31. The molecule has 0 bridgehead atoms. The molecule has 1 fully saturated rings. The van der Waals surface area contributed by atoms with Crippen molar-refractivity contribution in [2.75, 3.05) is 11.3 Å². The van der Waals surface area contributed by atoms with Gasteiger partial charge in [0.25, 0.3) is 0 Å². The number of anilines is 1. The summed E-state index contributed by atoms with van der Waals surface area (Å²) < 4.78 is 26.9. The fourth-order valence-corrected chi connectivity index (χ4v) is 2.66. The molecule has 0 aromatic heterocycles. The van der Waals surface area contributed by atoms with Crippen LogP contribution in [0.2, 0.25) is 0 Å². The van der Waals surface area contributed by atoms with Crippen LogP contribution in [0.25, 0.3) is 0 Å². The molecule has 2 rings (SSSR count). The fourth-order valence-electron chi connectivity index (χ4n) is 1.81. The minimum atomic E-state index is -4.62. The third-order valence-electron chi connectivity index (χ3n) is 3.02. The molecule has 1 aromatic carbocycles. The van der Waals surface area contributed by atoms with Crippen LogP contribution in [0.4, 0.5) is 10.5 Å². The van der Waals surface area contributed by atoms with Gasteiger partial charge in [-0.15, -0.1) is 0 Å². The van der Waals surface area contributed by atoms with Gasteiger partial charge in [-0.25, -0.2) is 14.3 Å². The van der Waals surface area contributed by atoms with Gasteiger partial charge in [0.05, 0.1) is 17.8 Å². The lowest BCUT2D eigenvalue weighted by Gasteiger charge is -2.33. The van der Waals surface area contributed by atoms with Crippen LogP contribution in [0.5, 0.6) is 11.5 Å². The summed E-state index contributed by atoms with van der Waals surface area (Å²) in [5.41, 5.74) is 3.99. The van der Waals surface area contributed by atoms with Crippen molar-refractivity contribution in [2.45, 2.75) is 6.04 Å². The third-order valence-corrected chi connectivity index (χ3v) is 3.95. The van der Waals surface area contributed by atoms with Crippen molar-refractivity contribution in [3.8, 4) is 11.5 Å². The number of aromatic hydroxyl groups is 2. The number of aromatic carboxylic acids is 1. The second-order valence-electron chi connectivity index (χ2n) is 4.76. The van der Waals surface area contributed by atoms with Crippen molar-refractivity contribution in [1.82, 2.24) is 9.62 Å². The largest absolute Gasteiger partial charge is 0.504 e. The molecule has 1 aliphatic heterocycles. The minimum Gasteiger partial charge on any atom is -0.504 e. The van der Waals surface area contributed by atoms with Gasteiger partial charge >= 0.3 is 22.2 Å². The van der Waals surface area contributed by atoms with Crippen molar-refractivity contribution >= 4 is 33.8 Å². The number of imide groups is 1. The number of phenolic OH excluding ortho intramolecular Hbond substituents is 2. The highest BCUT2D eigenvalue weighted by Gasteiger charge is 2.39. The topological polar surface area (TPSA) is 199 Å². The second-order valence-corrected chi connectivity index (χ2v) is 6.17. The summed E-state index contributed by atoms with van der Waals surface area (Å²) >= 11 is 0. The first-order valence-electron chi connectivity index (χ1n) is 6.22. The van der Waals surface area contributed by atoms with Gasteiger partial charge in [0.2, 0.25) is 5.91 Å². The van der Waals surface area contributed by atoms with Gasteiger partial charge in [-0.3, -0.25) is 14.4 Å². The normalized spacial score (nSPS) is 17.1. The van der Waals surface area contributed by atoms with Gasteiger partial charge in [-0.1, -0.05) is 0 Å². The predicted molar refractivity (Wildman–Crippen MR) is 77.5 cm³/mol. The van der Waals surface area contributed by atoms with E-state index < -0.39 is 56.9 Å². The van der Waals surface area contributed by atoms with Crippen LogP contribution < -0.4 is 15.2 Å². The molecule has 0 unspecified atom stereocenters. The molecule has 1 saturated heterocycles. The molecule has 0 saturated carbocycles. The van der Waals surface area contributed by atoms with Crippen molar-refractivity contribution in [2.24, 2.45) is 5.73 Å². The first kappa shape index (κ1) is 17.3. The van der Waals surface area contributed by atoms with E-state index in [1.807, 2.05) is 0 Å². The smallest absolute Gasteiger partial charge is 0.339 e. The van der Waals surface area contributed by atoms with Crippen LogP contribution in [0.1, 0.15) is 10.4 Å². The number of β-lactam (4-membered cyclic amide) rings is 1. The molecular formula is C11H12N4O8S. The number of hydrogen-bond donors (Lipinski definition) is 6. The van der Waals surface area contributed by atoms with E-state index in [4.69, 9.17) is 10.8 Å². The monoisotopic (exact) mass is 360 g/mol. The molecule has 1 atom stereocenters. The Morgan fingerprint density at radius 1 is 1.25 bits per heavy atom. The summed E-state index contributed by atoms with van der Waals surface area (Å²) in [5.74, 6) is -3.93. The molecule has 1 aromatic rings. The number of nitrogens with two attached hydrogens (primary N) is 1. The summed E-state index contributed by atoms with van der Waals surface area (Å²) in [6, 6.07) is -0.893. The lowest BCUT2D eigenvalue weighted by atomic mass is 10.1. The zero-order valence-electron chi connectivity index (χ0n) is 11.8. The van der Waals surface area contributed by atoms with Crippen LogP contribution in [0.3, 0.4) is 0 Å². The number of benzene rings is 1. The molecule has 0 spiro atoms. The van der Waals surface area contributed by atoms with E-state index >= 15 is 0 Å². The van der Waals surface area contributed by atoms with E-state index in [1.54, 1.807) is 4.72 Å². The number of hydrogen-bond acceptors (Lipinski definition) is 8. The van der Waals surface area contributed by atoms with Gasteiger partial charge in [-0.2, -0.15) is 8.42 Å². The quantitative estimate of drug-likeness (QED) is 0.206. The number of rotatable bonds is 4. The van der Waals surface area contributed by atoms with E-state index in [0.717, 1.165) is 0 Å². The highest BCUT2D eigenvalue weighted by atomic mass is 32.2. The maximum absolute atomic E-state index is 11.9. The van der Waals surface area contributed by atoms with Gasteiger partial charge in [0.15, 0.2) is 11.5 Å². The van der Waals surface area contributed by atoms with Crippen molar-refractivity contribution < 1.29 is 38.1 Å². The molecule has 130 valence electrons. The van der Waals surface area contributed by atoms with Crippen LogP contribution in [-0.4, -0.2) is 59.1 Å². The lowest BCUT2D eigenvalue weighted by molar-refractivity contribution is -0.137. The number of amides is 3. The van der Waals surface area contributed by atoms with Crippen molar-refractivity contribution in [3.63, 3.8) is 0 Å². The maximum atomic E-state index is 11.9. The number of likely N-dealkylation sites (tertiary alicyclic amines) is 1. The molecule has 24 heavy (non-hydrogen) atoms. The molecule has 0 radical (unpaired) electrons. The third kappa shape index (κ3) is 3.31. The number of urea groups is 1. The van der Waals surface area contributed by atoms with Crippen molar-refractivity contribution in [3.05, 3.63) is 17.7 Å². The zero-order chi connectivity index (χ0) is 18.2. The minimum absolute atomic E-state index is 0.166. The number of carboxylic acids is 1. The Balaban J connectivity index is 2.20. The Kier molecular flexibility index (Phi) is 4.22. The molecule has 13 heteroatoms. The van der Waals surface area contributed by atoms with Crippen LogP contribution >= 0.6 is 0 Å². The number of carboxylic acid groups (broad SMARTS) is 1. The predicted octanol–water partition coefficient (Wildman–Crippen LogP) is -1.67. The zero-order valence-corrected chi connectivity index (χ0v) is 12.6. The van der Waals surface area contributed by atoms with Gasteiger partial charge in [0.1, 0.15) is 6.04 Å². The van der Waals surface area contributed by atoms with E-state index in [9.17, 15) is 33.0 Å². The van der Waals surface area contributed by atoms with E-state index in [1.165, 1.54) is 4.72 Å². The fraction of sp³-hybridized carbons (Fsp3) is 0.182. The first-order valence-corrected chi connectivity index (χ1v) is 7.71. The summed E-state index contributed by atoms with van der Waals surface area (Å²) in [7, 11) is -4.62. The molecule has 0 aliphatic carbocycles. The lowest BCUT2D eigenvalue weighted by Crippen LogP contribution is -2.65. The number of phenols is 2. The average Bonchev–Trinajstić information content (AvgIpc) is 2.46. The van der Waals surface area contributed by atoms with E-state index in [-0.39, 0.29) is 6.54 Å². The molecule has 3 amide bonds. The maximum Gasteiger partial charge on any atom is 0.339 e. The van der Waals surface area contributed by atoms with Crippen LogP contribution in [0, 0.1) is 0 Å². The van der Waals surface area contributed by atoms with Gasteiger partial charge in [0, 0.05) is 12.1 Å². The van der Waals surface area contributed by atoms with Crippen molar-refractivity contribution in [1.29, 1.82) is 0 Å². The Hall–Kier alpha value is -3.06. The molecule has 7 N–H and O–H groups in total. The molecule has 1 heterocycles. The molecule has 12 nitrogen and oxygen atoms in total. The van der Waals surface area contributed by atoms with Gasteiger partial charge in [-0.05, 0) is 0 Å². The van der Waals surface area contributed by atoms with E-state index in [0.29, 0.717) is 17.0 Å². The number of carbonyl (C=O) groups is 3. The molecular weight excluding hydrogens is 348 g/mol. The number of nitrogens with one attached hydrogen (secondary N) is 2. The molecule has 1 aliphatic rings. The van der Waals surface area contributed by atoms with Gasteiger partial charge < -0.3 is 21.1 Å². The Labute approximate surface area is 134 Å². The summed E-state index contributed by atoms with van der Waals surface area (Å²) in [5, 5.41) is 27.6. The SMILES string of the molecule is N[C@H]1CN(C(=O)NS(=O)(=O)Nc2cc(O)c(O)cc2C(=O)O)C1=O. The summed E-state index contributed by atoms with van der Waals surface area (Å²) in [6.07, 6.45) is 0. The Morgan fingerprint density at radius 3 is 2.33 bits per heavy atom. The number of carbonyl (C=O) groups excluding carboxylic acids is 2. The Bertz CT molecular complexity index is 837. The highest BCUT2D eigenvalue weighted by molar-refractivity contribution is 7.91. The average molecular weight is 360 g/mol. The van der Waals surface area contributed by atoms with Crippen LogP contribution in [-0.2, 0) is 15.0 Å². The summed E-state index contributed by atoms with van der Waals surface area (Å²) in [6.45, 7) is -0.166. The van der Waals surface area contributed by atoms with E-state index in [2.05, 4.69) is 0 Å². The summed E-state index contributed by atoms with van der Waals surface area (Å²) in [4.78, 5) is 34.5. The number of nitrogens with zero attached hydrogens (tertiary/aromatic N) is 1. The Morgan fingerprint density at radius 2 is 1.83 bits per heavy atom. The second kappa shape index (κ2) is 5.86. The van der Waals surface area contributed by atoms with Crippen LogP contribution in [0.15, 0.2) is 12.1 Å².